The van der Waals surface area contributed by atoms with E-state index in [2.05, 4.69) is 5.32 Å². The maximum absolute atomic E-state index is 11.7. The van der Waals surface area contributed by atoms with Crippen LogP contribution in [0.5, 0.6) is 0 Å². The molecule has 2 N–H and O–H groups in total. The Bertz CT molecular complexity index is 232. The summed E-state index contributed by atoms with van der Waals surface area (Å²) in [5.41, 5.74) is -0.320. The number of amides is 1. The zero-order valence-electron chi connectivity index (χ0n) is 10.2. The van der Waals surface area contributed by atoms with Gasteiger partial charge in [-0.3, -0.25) is 4.79 Å². The lowest BCUT2D eigenvalue weighted by atomic mass is 9.84. The predicted molar refractivity (Wildman–Crippen MR) is 60.4 cm³/mol. The lowest BCUT2D eigenvalue weighted by Gasteiger charge is -2.33. The summed E-state index contributed by atoms with van der Waals surface area (Å²) in [7, 11) is 0. The van der Waals surface area contributed by atoms with E-state index in [1.54, 1.807) is 0 Å². The molecular formula is C12H23NO2. The molecule has 1 aliphatic rings. The summed E-state index contributed by atoms with van der Waals surface area (Å²) in [6.45, 7) is 7.80. The first-order valence-electron chi connectivity index (χ1n) is 5.79. The predicted octanol–water partition coefficient (Wildman–Crippen LogP) is 1.70. The zero-order valence-corrected chi connectivity index (χ0v) is 10.2. The summed E-state index contributed by atoms with van der Waals surface area (Å²) in [6, 6.07) is 0.245. The molecule has 1 amide bonds. The third-order valence-electron chi connectivity index (χ3n) is 3.14. The number of aliphatic hydroxyl groups excluding tert-OH is 1. The van der Waals surface area contributed by atoms with Crippen LogP contribution in [0.1, 0.15) is 47.0 Å². The quantitative estimate of drug-likeness (QED) is 0.696. The van der Waals surface area contributed by atoms with Gasteiger partial charge in [0.05, 0.1) is 6.10 Å². The molecule has 1 aliphatic carbocycles. The van der Waals surface area contributed by atoms with Gasteiger partial charge in [-0.25, -0.2) is 0 Å². The second-order valence-corrected chi connectivity index (χ2v) is 5.78. The smallest absolute Gasteiger partial charge is 0.225 e. The molecule has 15 heavy (non-hydrogen) atoms. The maximum Gasteiger partial charge on any atom is 0.225 e. The number of carbonyl (C=O) groups is 1. The number of rotatable bonds is 1. The average Bonchev–Trinajstić information content (AvgIpc) is 2.10. The Morgan fingerprint density at radius 2 is 1.93 bits per heavy atom. The van der Waals surface area contributed by atoms with Crippen LogP contribution in [0, 0.1) is 11.3 Å². The van der Waals surface area contributed by atoms with Crippen molar-refractivity contribution in [3.05, 3.63) is 0 Å². The van der Waals surface area contributed by atoms with Crippen LogP contribution in [-0.4, -0.2) is 23.2 Å². The largest absolute Gasteiger partial charge is 0.393 e. The molecule has 88 valence electrons. The number of hydrogen-bond donors (Lipinski definition) is 2. The molecule has 0 aromatic carbocycles. The number of carbonyl (C=O) groups excluding carboxylic acids is 1. The van der Waals surface area contributed by atoms with Crippen molar-refractivity contribution in [2.24, 2.45) is 11.3 Å². The Kier molecular flexibility index (Phi) is 3.77. The summed E-state index contributed by atoms with van der Waals surface area (Å²) in [4.78, 5) is 11.7. The summed E-state index contributed by atoms with van der Waals surface area (Å²) in [6.07, 6.45) is 2.40. The Labute approximate surface area is 92.3 Å². The van der Waals surface area contributed by atoms with E-state index in [4.69, 9.17) is 0 Å². The molecule has 0 spiro atoms. The van der Waals surface area contributed by atoms with Crippen molar-refractivity contribution in [3.8, 4) is 0 Å². The van der Waals surface area contributed by atoms with Crippen molar-refractivity contribution in [3.63, 3.8) is 0 Å². The van der Waals surface area contributed by atoms with Crippen molar-refractivity contribution in [2.75, 3.05) is 0 Å². The van der Waals surface area contributed by atoms with E-state index in [9.17, 15) is 9.90 Å². The van der Waals surface area contributed by atoms with Gasteiger partial charge in [-0.2, -0.15) is 0 Å². The van der Waals surface area contributed by atoms with Gasteiger partial charge in [0.25, 0.3) is 0 Å². The maximum atomic E-state index is 11.7. The first kappa shape index (κ1) is 12.5. The Morgan fingerprint density at radius 1 is 1.33 bits per heavy atom. The van der Waals surface area contributed by atoms with Crippen LogP contribution in [0.15, 0.2) is 0 Å². The highest BCUT2D eigenvalue weighted by Crippen LogP contribution is 2.25. The van der Waals surface area contributed by atoms with Crippen LogP contribution in [0.2, 0.25) is 0 Å². The number of aliphatic hydroxyl groups is 1. The van der Waals surface area contributed by atoms with Crippen molar-refractivity contribution in [1.29, 1.82) is 0 Å². The molecule has 0 radical (unpaired) electrons. The van der Waals surface area contributed by atoms with E-state index < -0.39 is 0 Å². The minimum atomic E-state index is -0.320. The molecular weight excluding hydrogens is 190 g/mol. The lowest BCUT2D eigenvalue weighted by molar-refractivity contribution is -0.129. The van der Waals surface area contributed by atoms with E-state index >= 15 is 0 Å². The molecule has 1 unspecified atom stereocenters. The highest BCUT2D eigenvalue weighted by atomic mass is 16.3. The Hall–Kier alpha value is -0.570. The molecule has 0 bridgehead atoms. The van der Waals surface area contributed by atoms with Gasteiger partial charge < -0.3 is 10.4 Å². The van der Waals surface area contributed by atoms with Gasteiger partial charge in [-0.15, -0.1) is 0 Å². The molecule has 1 rings (SSSR count). The molecule has 1 fully saturated rings. The third-order valence-corrected chi connectivity index (χ3v) is 3.14. The lowest BCUT2D eigenvalue weighted by Crippen LogP contribution is -2.45. The average molecular weight is 213 g/mol. The van der Waals surface area contributed by atoms with E-state index in [0.29, 0.717) is 5.92 Å². The standard InChI is InChI=1S/C12H23NO2/c1-8-7-9(5-6-10(8)14)13-11(15)12(2,3)4/h8-10,14H,5-7H2,1-4H3,(H,13,15)/t8-,9?,10-/m0/s1. The summed E-state index contributed by atoms with van der Waals surface area (Å²) < 4.78 is 0. The van der Waals surface area contributed by atoms with Crippen molar-refractivity contribution >= 4 is 5.91 Å². The van der Waals surface area contributed by atoms with Crippen molar-refractivity contribution < 1.29 is 9.90 Å². The fraction of sp³-hybridized carbons (Fsp3) is 0.917. The molecule has 0 heterocycles. The second-order valence-electron chi connectivity index (χ2n) is 5.78. The van der Waals surface area contributed by atoms with Gasteiger partial charge in [0.1, 0.15) is 0 Å². The fourth-order valence-corrected chi connectivity index (χ4v) is 1.91. The molecule has 0 aliphatic heterocycles. The second kappa shape index (κ2) is 4.52. The molecule has 3 nitrogen and oxygen atoms in total. The SMILES string of the molecule is C[C@H]1CC(NC(=O)C(C)(C)C)CC[C@@H]1O. The highest BCUT2D eigenvalue weighted by Gasteiger charge is 2.29. The fourth-order valence-electron chi connectivity index (χ4n) is 1.91. The van der Waals surface area contributed by atoms with E-state index in [1.807, 2.05) is 27.7 Å². The van der Waals surface area contributed by atoms with Crippen LogP contribution in [0.4, 0.5) is 0 Å². The van der Waals surface area contributed by atoms with Crippen molar-refractivity contribution in [2.45, 2.75) is 59.1 Å². The highest BCUT2D eigenvalue weighted by molar-refractivity contribution is 5.81. The minimum absolute atomic E-state index is 0.107. The van der Waals surface area contributed by atoms with Gasteiger partial charge in [0.15, 0.2) is 0 Å². The molecule has 3 heteroatoms. The van der Waals surface area contributed by atoms with E-state index in [0.717, 1.165) is 19.3 Å². The van der Waals surface area contributed by atoms with Gasteiger partial charge in [-0.05, 0) is 25.2 Å². The summed E-state index contributed by atoms with van der Waals surface area (Å²) >= 11 is 0. The van der Waals surface area contributed by atoms with E-state index in [1.165, 1.54) is 0 Å². The minimum Gasteiger partial charge on any atom is -0.393 e. The first-order chi connectivity index (χ1) is 6.80. The van der Waals surface area contributed by atoms with Gasteiger partial charge >= 0.3 is 0 Å². The van der Waals surface area contributed by atoms with Crippen molar-refractivity contribution in [1.82, 2.24) is 5.32 Å². The Morgan fingerprint density at radius 3 is 2.40 bits per heavy atom. The van der Waals surface area contributed by atoms with Gasteiger partial charge in [-0.1, -0.05) is 27.7 Å². The monoisotopic (exact) mass is 213 g/mol. The van der Waals surface area contributed by atoms with Crippen LogP contribution in [-0.2, 0) is 4.79 Å². The van der Waals surface area contributed by atoms with Gasteiger partial charge in [0.2, 0.25) is 5.91 Å². The summed E-state index contributed by atoms with van der Waals surface area (Å²) in [5.74, 6) is 0.403. The van der Waals surface area contributed by atoms with Crippen LogP contribution >= 0.6 is 0 Å². The molecule has 1 saturated carbocycles. The summed E-state index contributed by atoms with van der Waals surface area (Å²) in [5, 5.41) is 12.6. The third kappa shape index (κ3) is 3.49. The molecule has 0 aromatic rings. The molecule has 0 saturated heterocycles. The van der Waals surface area contributed by atoms with Crippen LogP contribution < -0.4 is 5.32 Å². The number of nitrogens with one attached hydrogen (secondary N) is 1. The molecule has 3 atom stereocenters. The Balaban J connectivity index is 2.44. The van der Waals surface area contributed by atoms with Crippen LogP contribution in [0.3, 0.4) is 0 Å². The normalized spacial score (nSPS) is 32.5. The van der Waals surface area contributed by atoms with Crippen LogP contribution in [0.25, 0.3) is 0 Å². The topological polar surface area (TPSA) is 49.3 Å². The number of hydrogen-bond acceptors (Lipinski definition) is 2. The van der Waals surface area contributed by atoms with E-state index in [-0.39, 0.29) is 23.5 Å². The molecule has 0 aromatic heterocycles. The van der Waals surface area contributed by atoms with Gasteiger partial charge in [0, 0.05) is 11.5 Å². The zero-order chi connectivity index (χ0) is 11.6. The first-order valence-corrected chi connectivity index (χ1v) is 5.79.